The Morgan fingerprint density at radius 2 is 1.71 bits per heavy atom. The summed E-state index contributed by atoms with van der Waals surface area (Å²) in [7, 11) is 0. The summed E-state index contributed by atoms with van der Waals surface area (Å²) in [6, 6.07) is 14.9. The van der Waals surface area contributed by atoms with Crippen LogP contribution in [0.1, 0.15) is 77.0 Å². The van der Waals surface area contributed by atoms with Gasteiger partial charge in [-0.3, -0.25) is 0 Å². The molecule has 0 spiro atoms. The lowest BCUT2D eigenvalue weighted by molar-refractivity contribution is 0.398. The second-order valence-electron chi connectivity index (χ2n) is 12.8. The Labute approximate surface area is 227 Å². The predicted molar refractivity (Wildman–Crippen MR) is 160 cm³/mol. The minimum atomic E-state index is -0.274. The van der Waals surface area contributed by atoms with Gasteiger partial charge >= 0.3 is 5.63 Å². The first-order valence-electron chi connectivity index (χ1n) is 13.8. The zero-order chi connectivity index (χ0) is 26.6. The molecule has 7 rings (SSSR count). The minimum Gasteiger partial charge on any atom is -0.422 e. The second kappa shape index (κ2) is 7.92. The maximum absolute atomic E-state index is 14.0. The van der Waals surface area contributed by atoms with Crippen molar-refractivity contribution in [2.45, 2.75) is 71.1 Å². The topological polar surface area (TPSA) is 46.3 Å². The molecule has 3 aromatic carbocycles. The van der Waals surface area contributed by atoms with Crippen LogP contribution in [0.3, 0.4) is 0 Å². The van der Waals surface area contributed by atoms with Crippen molar-refractivity contribution in [2.75, 3.05) is 18.0 Å². The van der Waals surface area contributed by atoms with Gasteiger partial charge < -0.3 is 9.32 Å². The van der Waals surface area contributed by atoms with Crippen molar-refractivity contribution in [1.82, 2.24) is 4.98 Å². The minimum absolute atomic E-state index is 0.0571. The first-order valence-corrected chi connectivity index (χ1v) is 14.6. The molecule has 0 amide bonds. The lowest BCUT2D eigenvalue weighted by Gasteiger charge is -2.48. The Morgan fingerprint density at radius 3 is 2.47 bits per heavy atom. The average molecular weight is 523 g/mol. The van der Waals surface area contributed by atoms with Crippen LogP contribution in [0.4, 0.5) is 5.69 Å². The second-order valence-corrected chi connectivity index (χ2v) is 13.8. The average Bonchev–Trinajstić information content (AvgIpc) is 3.30. The molecule has 2 aromatic heterocycles. The van der Waals surface area contributed by atoms with Gasteiger partial charge in [0.25, 0.3) is 0 Å². The van der Waals surface area contributed by atoms with E-state index in [4.69, 9.17) is 9.40 Å². The summed E-state index contributed by atoms with van der Waals surface area (Å²) in [5.74, 6) is 0.139. The number of fused-ring (bicyclic) bond motifs is 5. The van der Waals surface area contributed by atoms with Crippen LogP contribution in [-0.2, 0) is 10.8 Å². The highest BCUT2D eigenvalue weighted by Gasteiger charge is 2.42. The van der Waals surface area contributed by atoms with E-state index >= 15 is 0 Å². The van der Waals surface area contributed by atoms with Gasteiger partial charge in [0.15, 0.2) is 0 Å². The van der Waals surface area contributed by atoms with E-state index in [2.05, 4.69) is 76.8 Å². The fourth-order valence-electron chi connectivity index (χ4n) is 6.82. The van der Waals surface area contributed by atoms with Crippen molar-refractivity contribution in [1.29, 1.82) is 0 Å². The molecular weight excluding hydrogens is 488 g/mol. The largest absolute Gasteiger partial charge is 0.422 e. The van der Waals surface area contributed by atoms with Gasteiger partial charge in [0.2, 0.25) is 0 Å². The number of anilines is 1. The Balaban J connectivity index is 1.60. The third kappa shape index (κ3) is 3.27. The molecule has 2 aliphatic rings. The van der Waals surface area contributed by atoms with E-state index in [0.29, 0.717) is 5.56 Å². The number of aromatic nitrogens is 1. The molecule has 4 nitrogen and oxygen atoms in total. The van der Waals surface area contributed by atoms with Crippen LogP contribution in [0.2, 0.25) is 0 Å². The van der Waals surface area contributed by atoms with Gasteiger partial charge in [-0.15, -0.1) is 11.3 Å². The van der Waals surface area contributed by atoms with Crippen LogP contribution in [0.15, 0.2) is 51.7 Å². The van der Waals surface area contributed by atoms with Crippen LogP contribution >= 0.6 is 11.3 Å². The molecule has 0 saturated heterocycles. The third-order valence-electron chi connectivity index (χ3n) is 9.02. The molecule has 0 radical (unpaired) electrons. The van der Waals surface area contributed by atoms with E-state index in [0.717, 1.165) is 68.5 Å². The molecule has 0 unspecified atom stereocenters. The number of benzene rings is 3. The smallest absolute Gasteiger partial charge is 0.346 e. The van der Waals surface area contributed by atoms with Crippen LogP contribution < -0.4 is 10.5 Å². The summed E-state index contributed by atoms with van der Waals surface area (Å²) >= 11 is 1.59. The molecule has 4 heterocycles. The molecule has 194 valence electrons. The van der Waals surface area contributed by atoms with E-state index < -0.39 is 0 Å². The Bertz CT molecular complexity index is 1840. The van der Waals surface area contributed by atoms with Crippen LogP contribution in [0.25, 0.3) is 42.5 Å². The standard InChI is InChI=1S/C33H34N2O2S/c1-18(2)24-21-17-22-28-26(33(5,6)14-16-35(28)15-13-32(22,3)4)29(21)37-31(36)25(24)30-34-27-20-10-8-7-9-19(20)11-12-23(27)38-30/h7-12,17-18H,13-16H2,1-6H3. The van der Waals surface area contributed by atoms with Gasteiger partial charge in [-0.05, 0) is 58.2 Å². The Morgan fingerprint density at radius 1 is 0.974 bits per heavy atom. The molecule has 0 atom stereocenters. The molecular formula is C33H34N2O2S. The number of thiazole rings is 1. The Kier molecular flexibility index (Phi) is 4.98. The summed E-state index contributed by atoms with van der Waals surface area (Å²) in [5, 5.41) is 4.11. The first kappa shape index (κ1) is 23.9. The van der Waals surface area contributed by atoms with Crippen molar-refractivity contribution in [3.8, 4) is 10.6 Å². The highest BCUT2D eigenvalue weighted by Crippen LogP contribution is 2.53. The fraction of sp³-hybridized carbons (Fsp3) is 0.394. The summed E-state index contributed by atoms with van der Waals surface area (Å²) < 4.78 is 7.47. The molecule has 0 aliphatic carbocycles. The van der Waals surface area contributed by atoms with Gasteiger partial charge in [0.1, 0.15) is 16.2 Å². The fourth-order valence-corrected chi connectivity index (χ4v) is 7.85. The van der Waals surface area contributed by atoms with Crippen LogP contribution in [0.5, 0.6) is 0 Å². The molecule has 0 bridgehead atoms. The molecule has 0 fully saturated rings. The Hall–Kier alpha value is -3.18. The molecule has 5 aromatic rings. The summed E-state index contributed by atoms with van der Waals surface area (Å²) in [4.78, 5) is 21.6. The van der Waals surface area contributed by atoms with Crippen molar-refractivity contribution in [2.24, 2.45) is 0 Å². The molecule has 0 saturated carbocycles. The number of hydrogen-bond acceptors (Lipinski definition) is 5. The van der Waals surface area contributed by atoms with Gasteiger partial charge in [0.05, 0.1) is 10.2 Å². The molecule has 2 aliphatic heterocycles. The van der Waals surface area contributed by atoms with Crippen molar-refractivity contribution in [3.63, 3.8) is 0 Å². The quantitative estimate of drug-likeness (QED) is 0.218. The van der Waals surface area contributed by atoms with Gasteiger partial charge in [-0.2, -0.15) is 0 Å². The van der Waals surface area contributed by atoms with Crippen LogP contribution in [0, 0.1) is 0 Å². The van der Waals surface area contributed by atoms with Crippen molar-refractivity contribution < 1.29 is 4.42 Å². The van der Waals surface area contributed by atoms with E-state index in [1.807, 2.05) is 12.1 Å². The maximum Gasteiger partial charge on any atom is 0.346 e. The molecule has 38 heavy (non-hydrogen) atoms. The first-order chi connectivity index (χ1) is 18.1. The van der Waals surface area contributed by atoms with Gasteiger partial charge in [-0.25, -0.2) is 9.78 Å². The highest BCUT2D eigenvalue weighted by atomic mass is 32.1. The summed E-state index contributed by atoms with van der Waals surface area (Å²) in [6.07, 6.45) is 2.17. The zero-order valence-corrected chi connectivity index (χ0v) is 23.9. The number of rotatable bonds is 2. The maximum atomic E-state index is 14.0. The van der Waals surface area contributed by atoms with Crippen LogP contribution in [-0.4, -0.2) is 18.1 Å². The summed E-state index contributed by atoms with van der Waals surface area (Å²) in [5.41, 5.74) is 7.04. The van der Waals surface area contributed by atoms with E-state index in [-0.39, 0.29) is 22.4 Å². The van der Waals surface area contributed by atoms with E-state index in [9.17, 15) is 4.79 Å². The third-order valence-corrected chi connectivity index (χ3v) is 10.1. The van der Waals surface area contributed by atoms with Gasteiger partial charge in [0, 0.05) is 35.1 Å². The lowest BCUT2D eigenvalue weighted by atomic mass is 9.68. The predicted octanol–water partition coefficient (Wildman–Crippen LogP) is 8.52. The lowest BCUT2D eigenvalue weighted by Crippen LogP contribution is -2.44. The SMILES string of the molecule is CC(C)c1c(-c2nc3c(ccc4ccccc43)s2)c(=O)oc2c3c4c(cc12)C(C)(C)CCN4CCC3(C)C. The normalized spacial score (nSPS) is 18.0. The van der Waals surface area contributed by atoms with Crippen molar-refractivity contribution in [3.05, 3.63) is 69.6 Å². The molecule has 5 heteroatoms. The van der Waals surface area contributed by atoms with Gasteiger partial charge in [-0.1, -0.05) is 71.9 Å². The zero-order valence-electron chi connectivity index (χ0n) is 23.1. The van der Waals surface area contributed by atoms with E-state index in [1.54, 1.807) is 11.3 Å². The highest BCUT2D eigenvalue weighted by molar-refractivity contribution is 7.21. The molecule has 0 N–H and O–H groups in total. The number of hydrogen-bond donors (Lipinski definition) is 0. The number of nitrogens with zero attached hydrogens (tertiary/aromatic N) is 2. The monoisotopic (exact) mass is 522 g/mol. The summed E-state index contributed by atoms with van der Waals surface area (Å²) in [6.45, 7) is 15.8. The van der Waals surface area contributed by atoms with E-state index in [1.165, 1.54) is 16.8 Å². The van der Waals surface area contributed by atoms with Crippen molar-refractivity contribution >= 4 is 49.0 Å².